The number of rotatable bonds is 5. The molecular formula is C16H15NO3S. The van der Waals surface area contributed by atoms with Crippen LogP contribution in [0.5, 0.6) is 0 Å². The first-order valence-electron chi connectivity index (χ1n) is 6.80. The molecule has 21 heavy (non-hydrogen) atoms. The summed E-state index contributed by atoms with van der Waals surface area (Å²) < 4.78 is 0. The van der Waals surface area contributed by atoms with Crippen molar-refractivity contribution in [3.8, 4) is 0 Å². The van der Waals surface area contributed by atoms with Gasteiger partial charge in [-0.1, -0.05) is 0 Å². The van der Waals surface area contributed by atoms with Crippen molar-refractivity contribution in [1.82, 2.24) is 4.90 Å². The van der Waals surface area contributed by atoms with E-state index in [4.69, 9.17) is 5.11 Å². The number of benzene rings is 1. The fourth-order valence-corrected chi connectivity index (χ4v) is 2.91. The van der Waals surface area contributed by atoms with Gasteiger partial charge in [0.1, 0.15) is 0 Å². The van der Waals surface area contributed by atoms with Gasteiger partial charge < -0.3 is 10.0 Å². The lowest BCUT2D eigenvalue weighted by Gasteiger charge is -2.22. The lowest BCUT2D eigenvalue weighted by atomic mass is 10.1. The van der Waals surface area contributed by atoms with Crippen LogP contribution in [0.25, 0.3) is 0 Å². The molecule has 3 rings (SSSR count). The van der Waals surface area contributed by atoms with E-state index in [0.717, 1.165) is 18.4 Å². The molecule has 1 N–H and O–H groups in total. The van der Waals surface area contributed by atoms with Gasteiger partial charge in [-0.25, -0.2) is 4.79 Å². The zero-order chi connectivity index (χ0) is 14.8. The molecular weight excluding hydrogens is 286 g/mol. The van der Waals surface area contributed by atoms with Crippen molar-refractivity contribution in [2.45, 2.75) is 25.4 Å². The normalized spacial score (nSPS) is 13.9. The molecule has 5 heteroatoms. The van der Waals surface area contributed by atoms with E-state index in [1.807, 2.05) is 16.3 Å². The minimum atomic E-state index is -0.980. The van der Waals surface area contributed by atoms with Crippen LogP contribution in [0.4, 0.5) is 0 Å². The van der Waals surface area contributed by atoms with Crippen LogP contribution in [-0.2, 0) is 6.54 Å². The molecule has 1 aromatic heterocycles. The van der Waals surface area contributed by atoms with Gasteiger partial charge in [0, 0.05) is 18.2 Å². The van der Waals surface area contributed by atoms with Gasteiger partial charge >= 0.3 is 5.97 Å². The van der Waals surface area contributed by atoms with Crippen LogP contribution in [0.3, 0.4) is 0 Å². The number of carboxylic acids is 1. The van der Waals surface area contributed by atoms with Gasteiger partial charge in [0.05, 0.1) is 5.56 Å². The molecule has 0 atom stereocenters. The maximum Gasteiger partial charge on any atom is 0.335 e. The number of hydrogen-bond acceptors (Lipinski definition) is 3. The molecule has 0 unspecified atom stereocenters. The topological polar surface area (TPSA) is 57.6 Å². The predicted octanol–water partition coefficient (Wildman–Crippen LogP) is 3.25. The molecule has 1 amide bonds. The number of carboxylic acid groups (broad SMARTS) is 1. The van der Waals surface area contributed by atoms with Crippen molar-refractivity contribution in [2.24, 2.45) is 0 Å². The van der Waals surface area contributed by atoms with E-state index in [2.05, 4.69) is 5.38 Å². The number of carbonyl (C=O) groups excluding carboxylic acids is 1. The van der Waals surface area contributed by atoms with Gasteiger partial charge in [-0.3, -0.25) is 4.79 Å². The Kier molecular flexibility index (Phi) is 3.75. The minimum Gasteiger partial charge on any atom is -0.478 e. The molecule has 1 aliphatic carbocycles. The number of carbonyl (C=O) groups is 2. The summed E-state index contributed by atoms with van der Waals surface area (Å²) in [5, 5.41) is 13.0. The molecule has 2 aromatic rings. The molecule has 0 bridgehead atoms. The highest BCUT2D eigenvalue weighted by atomic mass is 32.1. The molecule has 1 fully saturated rings. The second-order valence-electron chi connectivity index (χ2n) is 5.18. The third-order valence-electron chi connectivity index (χ3n) is 3.56. The third-order valence-corrected chi connectivity index (χ3v) is 4.29. The zero-order valence-electron chi connectivity index (χ0n) is 11.4. The Hall–Kier alpha value is -2.14. The largest absolute Gasteiger partial charge is 0.478 e. The lowest BCUT2D eigenvalue weighted by Crippen LogP contribution is -2.32. The highest BCUT2D eigenvalue weighted by molar-refractivity contribution is 7.07. The number of nitrogens with zero attached hydrogens (tertiary/aromatic N) is 1. The number of thiophene rings is 1. The SMILES string of the molecule is O=C(O)c1ccc(C(=O)N(Cc2ccsc2)C2CC2)cc1. The second kappa shape index (κ2) is 5.69. The van der Waals surface area contributed by atoms with E-state index in [1.165, 1.54) is 12.1 Å². The fourth-order valence-electron chi connectivity index (χ4n) is 2.25. The van der Waals surface area contributed by atoms with E-state index < -0.39 is 5.97 Å². The van der Waals surface area contributed by atoms with Crippen molar-refractivity contribution < 1.29 is 14.7 Å². The van der Waals surface area contributed by atoms with E-state index in [-0.39, 0.29) is 11.5 Å². The van der Waals surface area contributed by atoms with E-state index in [0.29, 0.717) is 18.2 Å². The summed E-state index contributed by atoms with van der Waals surface area (Å²) in [6.45, 7) is 0.619. The molecule has 1 heterocycles. The summed E-state index contributed by atoms with van der Waals surface area (Å²) in [7, 11) is 0. The minimum absolute atomic E-state index is 0.0272. The van der Waals surface area contributed by atoms with Crippen LogP contribution >= 0.6 is 11.3 Å². The quantitative estimate of drug-likeness (QED) is 0.922. The number of amides is 1. The van der Waals surface area contributed by atoms with Gasteiger partial charge in [-0.2, -0.15) is 11.3 Å². The molecule has 1 saturated carbocycles. The van der Waals surface area contributed by atoms with Crippen molar-refractivity contribution >= 4 is 23.2 Å². The molecule has 108 valence electrons. The Morgan fingerprint density at radius 1 is 1.14 bits per heavy atom. The summed E-state index contributed by atoms with van der Waals surface area (Å²) in [4.78, 5) is 25.4. The predicted molar refractivity (Wildman–Crippen MR) is 80.6 cm³/mol. The highest BCUT2D eigenvalue weighted by Gasteiger charge is 2.33. The van der Waals surface area contributed by atoms with Crippen LogP contribution in [0.1, 0.15) is 39.1 Å². The van der Waals surface area contributed by atoms with Gasteiger partial charge in [0.25, 0.3) is 5.91 Å². The van der Waals surface area contributed by atoms with Crippen LogP contribution in [0, 0.1) is 0 Å². The number of hydrogen-bond donors (Lipinski definition) is 1. The van der Waals surface area contributed by atoms with Crippen LogP contribution in [0.2, 0.25) is 0 Å². The van der Waals surface area contributed by atoms with Crippen molar-refractivity contribution in [3.63, 3.8) is 0 Å². The number of aromatic carboxylic acids is 1. The third kappa shape index (κ3) is 3.13. The maximum atomic E-state index is 12.6. The molecule has 1 aromatic carbocycles. The Balaban J connectivity index is 1.79. The first-order valence-corrected chi connectivity index (χ1v) is 7.75. The van der Waals surface area contributed by atoms with Gasteiger partial charge in [0.15, 0.2) is 0 Å². The molecule has 0 saturated heterocycles. The summed E-state index contributed by atoms with van der Waals surface area (Å²) in [6, 6.07) is 8.48. The zero-order valence-corrected chi connectivity index (χ0v) is 12.2. The smallest absolute Gasteiger partial charge is 0.335 e. The van der Waals surface area contributed by atoms with E-state index in [1.54, 1.807) is 23.5 Å². The first kappa shape index (κ1) is 13.8. The van der Waals surface area contributed by atoms with Gasteiger partial charge in [0.2, 0.25) is 0 Å². The molecule has 4 nitrogen and oxygen atoms in total. The van der Waals surface area contributed by atoms with Gasteiger partial charge in [-0.05, 0) is 59.5 Å². The van der Waals surface area contributed by atoms with Crippen LogP contribution < -0.4 is 0 Å². The summed E-state index contributed by atoms with van der Waals surface area (Å²) in [5.74, 6) is -1.01. The Labute approximate surface area is 126 Å². The molecule has 0 spiro atoms. The Morgan fingerprint density at radius 3 is 2.33 bits per heavy atom. The average molecular weight is 301 g/mol. The summed E-state index contributed by atoms with van der Waals surface area (Å²) in [6.07, 6.45) is 2.09. The molecule has 0 radical (unpaired) electrons. The first-order chi connectivity index (χ1) is 10.1. The fraction of sp³-hybridized carbons (Fsp3) is 0.250. The lowest BCUT2D eigenvalue weighted by molar-refractivity contribution is 0.0692. The Morgan fingerprint density at radius 2 is 1.81 bits per heavy atom. The van der Waals surface area contributed by atoms with E-state index in [9.17, 15) is 9.59 Å². The molecule has 1 aliphatic rings. The Bertz CT molecular complexity index is 645. The summed E-state index contributed by atoms with van der Waals surface area (Å²) in [5.41, 5.74) is 1.88. The second-order valence-corrected chi connectivity index (χ2v) is 5.96. The highest BCUT2D eigenvalue weighted by Crippen LogP contribution is 2.30. The van der Waals surface area contributed by atoms with Crippen molar-refractivity contribution in [3.05, 3.63) is 57.8 Å². The maximum absolute atomic E-state index is 12.6. The van der Waals surface area contributed by atoms with Crippen molar-refractivity contribution in [2.75, 3.05) is 0 Å². The van der Waals surface area contributed by atoms with Crippen LogP contribution in [0.15, 0.2) is 41.1 Å². The van der Waals surface area contributed by atoms with Gasteiger partial charge in [-0.15, -0.1) is 0 Å². The van der Waals surface area contributed by atoms with E-state index >= 15 is 0 Å². The van der Waals surface area contributed by atoms with Crippen molar-refractivity contribution in [1.29, 1.82) is 0 Å². The van der Waals surface area contributed by atoms with Crippen LogP contribution in [-0.4, -0.2) is 27.9 Å². The monoisotopic (exact) mass is 301 g/mol. The standard InChI is InChI=1S/C16H15NO3S/c18-15(12-1-3-13(4-2-12)16(19)20)17(14-5-6-14)9-11-7-8-21-10-11/h1-4,7-8,10,14H,5-6,9H2,(H,19,20). The molecule has 0 aliphatic heterocycles. The average Bonchev–Trinajstić information content (AvgIpc) is 3.20. The summed E-state index contributed by atoms with van der Waals surface area (Å²) >= 11 is 1.62.